The molecule has 1 saturated heterocycles. The highest BCUT2D eigenvalue weighted by molar-refractivity contribution is 7.89. The van der Waals surface area contributed by atoms with Crippen molar-refractivity contribution in [3.63, 3.8) is 0 Å². The Morgan fingerprint density at radius 1 is 1.16 bits per heavy atom. The van der Waals surface area contributed by atoms with E-state index in [-0.39, 0.29) is 0 Å². The number of nitrogens with zero attached hydrogens (tertiary/aromatic N) is 2. The van der Waals surface area contributed by atoms with Gasteiger partial charge in [-0.15, -0.1) is 0 Å². The number of ether oxygens (including phenoxy) is 1. The second-order valence-electron chi connectivity index (χ2n) is 8.03. The Morgan fingerprint density at radius 3 is 2.68 bits per heavy atom. The molecule has 2 aromatic rings. The number of amidine groups is 1. The molecule has 166 valence electrons. The quantitative estimate of drug-likeness (QED) is 0.672. The maximum absolute atomic E-state index is 13.3. The molecule has 2 aromatic carbocycles. The molecule has 0 amide bonds. The number of benzene rings is 2. The van der Waals surface area contributed by atoms with Crippen LogP contribution < -0.4 is 10.6 Å². The molecule has 0 aromatic heterocycles. The van der Waals surface area contributed by atoms with E-state index in [1.807, 2.05) is 30.3 Å². The largest absolute Gasteiger partial charge is 0.383 e. The molecule has 8 heteroatoms. The van der Waals surface area contributed by atoms with Gasteiger partial charge in [0.1, 0.15) is 5.84 Å². The zero-order valence-electron chi connectivity index (χ0n) is 18.1. The van der Waals surface area contributed by atoms with Gasteiger partial charge in [-0.05, 0) is 42.2 Å². The molecule has 2 aliphatic heterocycles. The summed E-state index contributed by atoms with van der Waals surface area (Å²) in [5.41, 5.74) is 2.69. The van der Waals surface area contributed by atoms with Crippen molar-refractivity contribution >= 4 is 21.5 Å². The third-order valence-corrected chi connectivity index (χ3v) is 7.97. The van der Waals surface area contributed by atoms with Crippen molar-refractivity contribution in [3.8, 4) is 0 Å². The first-order chi connectivity index (χ1) is 15.0. The summed E-state index contributed by atoms with van der Waals surface area (Å²) in [5.74, 6) is 0.772. The highest BCUT2D eigenvalue weighted by atomic mass is 32.2. The number of hydrogen-bond donors (Lipinski definition) is 2. The second kappa shape index (κ2) is 9.08. The number of aryl methyl sites for hydroxylation is 1. The zero-order chi connectivity index (χ0) is 21.9. The van der Waals surface area contributed by atoms with Gasteiger partial charge in [-0.25, -0.2) is 8.42 Å². The molecular weight excluding hydrogens is 412 g/mol. The summed E-state index contributed by atoms with van der Waals surface area (Å²) in [5, 5.41) is 7.11. The van der Waals surface area contributed by atoms with E-state index in [1.54, 1.807) is 23.5 Å². The molecule has 4 rings (SSSR count). The summed E-state index contributed by atoms with van der Waals surface area (Å²) in [6.45, 7) is 4.49. The Bertz CT molecular complexity index is 1050. The number of sulfonamides is 1. The molecule has 0 radical (unpaired) electrons. The van der Waals surface area contributed by atoms with E-state index < -0.39 is 15.6 Å². The number of methoxy groups -OCH3 is 1. The number of rotatable bonds is 6. The number of fused-ring (bicyclic) bond motifs is 1. The van der Waals surface area contributed by atoms with Crippen molar-refractivity contribution in [1.82, 2.24) is 9.62 Å². The lowest BCUT2D eigenvalue weighted by Crippen LogP contribution is -2.55. The number of aliphatic imine (C=N–C) groups is 1. The van der Waals surface area contributed by atoms with Crippen LogP contribution in [0.3, 0.4) is 0 Å². The van der Waals surface area contributed by atoms with Gasteiger partial charge in [0, 0.05) is 32.4 Å². The molecule has 31 heavy (non-hydrogen) atoms. The molecule has 0 aliphatic carbocycles. The van der Waals surface area contributed by atoms with E-state index in [9.17, 15) is 8.42 Å². The molecule has 2 aliphatic rings. The molecule has 0 saturated carbocycles. The van der Waals surface area contributed by atoms with Gasteiger partial charge in [0.2, 0.25) is 10.0 Å². The zero-order valence-corrected chi connectivity index (χ0v) is 18.9. The van der Waals surface area contributed by atoms with Crippen LogP contribution in [0.1, 0.15) is 24.5 Å². The molecular formula is C23H30N4O3S. The number of hydrogen-bond acceptors (Lipinski definition) is 5. The van der Waals surface area contributed by atoms with E-state index in [0.29, 0.717) is 44.1 Å². The van der Waals surface area contributed by atoms with Crippen molar-refractivity contribution in [2.75, 3.05) is 38.7 Å². The predicted octanol–water partition coefficient (Wildman–Crippen LogP) is 2.64. The smallest absolute Gasteiger partial charge is 0.243 e. The minimum atomic E-state index is -3.58. The Hall–Kier alpha value is -2.26. The molecule has 1 atom stereocenters. The van der Waals surface area contributed by atoms with Crippen LogP contribution in [0.25, 0.3) is 0 Å². The first-order valence-electron chi connectivity index (χ1n) is 10.7. The van der Waals surface area contributed by atoms with Crippen LogP contribution in [0, 0.1) is 0 Å². The van der Waals surface area contributed by atoms with Crippen LogP contribution in [-0.4, -0.2) is 57.4 Å². The first-order valence-corrected chi connectivity index (χ1v) is 12.2. The average Bonchev–Trinajstić information content (AvgIpc) is 3.18. The van der Waals surface area contributed by atoms with Gasteiger partial charge in [0.25, 0.3) is 0 Å². The molecule has 0 unspecified atom stereocenters. The fourth-order valence-corrected chi connectivity index (χ4v) is 5.70. The number of anilines is 1. The van der Waals surface area contributed by atoms with Crippen LogP contribution >= 0.6 is 0 Å². The minimum absolute atomic E-state index is 0.331. The fourth-order valence-electron chi connectivity index (χ4n) is 4.19. The second-order valence-corrected chi connectivity index (χ2v) is 9.96. The first kappa shape index (κ1) is 22.0. The van der Waals surface area contributed by atoms with E-state index >= 15 is 0 Å². The molecule has 2 heterocycles. The minimum Gasteiger partial charge on any atom is -0.383 e. The van der Waals surface area contributed by atoms with Gasteiger partial charge >= 0.3 is 0 Å². The maximum Gasteiger partial charge on any atom is 0.243 e. The van der Waals surface area contributed by atoms with Crippen LogP contribution in [0.5, 0.6) is 0 Å². The summed E-state index contributed by atoms with van der Waals surface area (Å²) in [6, 6.07) is 15.3. The van der Waals surface area contributed by atoms with Crippen LogP contribution in [0.4, 0.5) is 5.69 Å². The highest BCUT2D eigenvalue weighted by Crippen LogP contribution is 2.32. The topological polar surface area (TPSA) is 83.0 Å². The van der Waals surface area contributed by atoms with Crippen LogP contribution in [0.2, 0.25) is 0 Å². The van der Waals surface area contributed by atoms with Crippen molar-refractivity contribution in [1.29, 1.82) is 0 Å². The Morgan fingerprint density at radius 2 is 1.94 bits per heavy atom. The SMILES string of the molecule is CCc1ccc(S(=O)(=O)N2CC[C@@]3(C2)NCc2ccccc2NC3=NCCOC)cc1. The van der Waals surface area contributed by atoms with Crippen LogP contribution in [-0.2, 0) is 27.7 Å². The third kappa shape index (κ3) is 4.39. The Labute approximate surface area is 184 Å². The van der Waals surface area contributed by atoms with Gasteiger partial charge in [-0.1, -0.05) is 37.3 Å². The summed E-state index contributed by atoms with van der Waals surface area (Å²) >= 11 is 0. The van der Waals surface area contributed by atoms with Crippen molar-refractivity contribution in [2.24, 2.45) is 4.99 Å². The molecule has 1 spiro atoms. The molecule has 1 fully saturated rings. The molecule has 7 nitrogen and oxygen atoms in total. The normalized spacial score (nSPS) is 23.0. The fraction of sp³-hybridized carbons (Fsp3) is 0.435. The van der Waals surface area contributed by atoms with E-state index in [0.717, 1.165) is 29.1 Å². The van der Waals surface area contributed by atoms with Crippen molar-refractivity contribution in [3.05, 3.63) is 59.7 Å². The monoisotopic (exact) mass is 442 g/mol. The van der Waals surface area contributed by atoms with Crippen LogP contribution in [0.15, 0.2) is 58.4 Å². The number of para-hydroxylation sites is 1. The lowest BCUT2D eigenvalue weighted by Gasteiger charge is -2.30. The predicted molar refractivity (Wildman–Crippen MR) is 123 cm³/mol. The van der Waals surface area contributed by atoms with Gasteiger partial charge in [0.15, 0.2) is 0 Å². The van der Waals surface area contributed by atoms with Gasteiger partial charge in [-0.3, -0.25) is 10.3 Å². The van der Waals surface area contributed by atoms with Gasteiger partial charge < -0.3 is 10.1 Å². The van der Waals surface area contributed by atoms with Crippen molar-refractivity contribution < 1.29 is 13.2 Å². The highest BCUT2D eigenvalue weighted by Gasteiger charge is 2.47. The Kier molecular flexibility index (Phi) is 6.43. The van der Waals surface area contributed by atoms with E-state index in [2.05, 4.69) is 23.6 Å². The lowest BCUT2D eigenvalue weighted by molar-refractivity contribution is 0.207. The van der Waals surface area contributed by atoms with Gasteiger partial charge in [0.05, 0.1) is 23.6 Å². The van der Waals surface area contributed by atoms with E-state index in [1.165, 1.54) is 0 Å². The average molecular weight is 443 g/mol. The maximum atomic E-state index is 13.3. The lowest BCUT2D eigenvalue weighted by atomic mass is 9.97. The standard InChI is InChI=1S/C23H30N4O3S/c1-3-18-8-10-20(11-9-18)31(28,29)27-14-12-23(17-27)22(24-13-15-30-2)26-21-7-5-4-6-19(21)16-25-23/h4-11,25H,3,12-17H2,1-2H3,(H,24,26)/t23-/m0/s1. The summed E-state index contributed by atoms with van der Waals surface area (Å²) in [6.07, 6.45) is 1.52. The third-order valence-electron chi connectivity index (χ3n) is 6.11. The van der Waals surface area contributed by atoms with E-state index in [4.69, 9.17) is 9.73 Å². The number of nitrogens with one attached hydrogen (secondary N) is 2. The summed E-state index contributed by atoms with van der Waals surface area (Å²) in [7, 11) is -1.93. The molecule has 0 bridgehead atoms. The summed E-state index contributed by atoms with van der Waals surface area (Å²) in [4.78, 5) is 5.11. The molecule has 2 N–H and O–H groups in total. The van der Waals surface area contributed by atoms with Crippen molar-refractivity contribution in [2.45, 2.75) is 36.7 Å². The Balaban J connectivity index is 1.63. The van der Waals surface area contributed by atoms with Gasteiger partial charge in [-0.2, -0.15) is 4.31 Å². The summed E-state index contributed by atoms with van der Waals surface area (Å²) < 4.78 is 33.4.